The second-order valence-corrected chi connectivity index (χ2v) is 7.53. The molecular formula is C23H21ClN6O4. The van der Waals surface area contributed by atoms with Crippen LogP contribution < -0.4 is 26.2 Å². The minimum Gasteiger partial charge on any atom is -0.467 e. The van der Waals surface area contributed by atoms with Crippen molar-refractivity contribution in [3.8, 4) is 17.6 Å². The van der Waals surface area contributed by atoms with Crippen molar-refractivity contribution >= 4 is 23.2 Å². The van der Waals surface area contributed by atoms with Crippen LogP contribution in [-0.4, -0.2) is 31.2 Å². The summed E-state index contributed by atoms with van der Waals surface area (Å²) in [7, 11) is 1.47. The molecule has 4 rings (SSSR count). The Bertz CT molecular complexity index is 1400. The van der Waals surface area contributed by atoms with Crippen LogP contribution in [0.3, 0.4) is 0 Å². The van der Waals surface area contributed by atoms with Crippen molar-refractivity contribution < 1.29 is 9.47 Å². The summed E-state index contributed by atoms with van der Waals surface area (Å²) in [5.41, 5.74) is 0.359. The van der Waals surface area contributed by atoms with Crippen LogP contribution >= 0.6 is 11.6 Å². The molecule has 2 aromatic carbocycles. The van der Waals surface area contributed by atoms with Crippen LogP contribution in [-0.2, 0) is 13.1 Å². The van der Waals surface area contributed by atoms with Gasteiger partial charge in [0, 0.05) is 29.5 Å². The summed E-state index contributed by atoms with van der Waals surface area (Å²) in [6.45, 7) is 2.14. The lowest BCUT2D eigenvalue weighted by atomic mass is 10.2. The Morgan fingerprint density at radius 1 is 0.971 bits per heavy atom. The van der Waals surface area contributed by atoms with Crippen LogP contribution in [0.5, 0.6) is 17.6 Å². The Labute approximate surface area is 199 Å². The van der Waals surface area contributed by atoms with Crippen LogP contribution in [0.15, 0.2) is 70.4 Å². The lowest BCUT2D eigenvalue weighted by Gasteiger charge is -2.15. The molecule has 1 N–H and O–H groups in total. The van der Waals surface area contributed by atoms with Gasteiger partial charge in [-0.2, -0.15) is 9.97 Å². The Hall–Kier alpha value is -4.18. The fourth-order valence-corrected chi connectivity index (χ4v) is 3.27. The number of hydrogen-bond acceptors (Lipinski definition) is 8. The highest BCUT2D eigenvalue weighted by atomic mass is 35.5. The molecule has 0 atom stereocenters. The molecule has 10 nitrogen and oxygen atoms in total. The normalized spacial score (nSPS) is 10.7. The highest BCUT2D eigenvalue weighted by Gasteiger charge is 2.13. The maximum atomic E-state index is 13.0. The summed E-state index contributed by atoms with van der Waals surface area (Å²) in [5, 5.41) is 3.65. The van der Waals surface area contributed by atoms with Crippen molar-refractivity contribution in [1.29, 1.82) is 0 Å². The molecule has 0 fully saturated rings. The minimum absolute atomic E-state index is 0.129. The Morgan fingerprint density at radius 3 is 2.38 bits per heavy atom. The first-order valence-electron chi connectivity index (χ1n) is 10.3. The van der Waals surface area contributed by atoms with Crippen molar-refractivity contribution in [2.75, 3.05) is 12.4 Å². The third kappa shape index (κ3) is 5.24. The number of benzene rings is 2. The average Bonchev–Trinajstić information content (AvgIpc) is 2.84. The number of nitrogens with one attached hydrogen (secondary N) is 1. The van der Waals surface area contributed by atoms with Gasteiger partial charge in [-0.15, -0.1) is 0 Å². The lowest BCUT2D eigenvalue weighted by Crippen LogP contribution is -2.42. The fraction of sp³-hybridized carbons (Fsp3) is 0.174. The Kier molecular flexibility index (Phi) is 6.88. The van der Waals surface area contributed by atoms with E-state index in [1.165, 1.54) is 17.9 Å². The molecule has 11 heteroatoms. The quantitative estimate of drug-likeness (QED) is 0.408. The summed E-state index contributed by atoms with van der Waals surface area (Å²) in [4.78, 5) is 37.5. The van der Waals surface area contributed by atoms with E-state index in [1.54, 1.807) is 49.4 Å². The maximum Gasteiger partial charge on any atom is 0.354 e. The highest BCUT2D eigenvalue weighted by Crippen LogP contribution is 2.23. The largest absolute Gasteiger partial charge is 0.467 e. The van der Waals surface area contributed by atoms with Gasteiger partial charge in [0.1, 0.15) is 5.75 Å². The van der Waals surface area contributed by atoms with Crippen LogP contribution in [0.25, 0.3) is 0 Å². The van der Waals surface area contributed by atoms with Gasteiger partial charge in [0.2, 0.25) is 11.8 Å². The van der Waals surface area contributed by atoms with Gasteiger partial charge in [-0.3, -0.25) is 4.57 Å². The number of ether oxygens (including phenoxy) is 2. The van der Waals surface area contributed by atoms with Gasteiger partial charge < -0.3 is 14.8 Å². The van der Waals surface area contributed by atoms with Gasteiger partial charge >= 0.3 is 17.4 Å². The summed E-state index contributed by atoms with van der Waals surface area (Å²) in [5.74, 6) is 0.984. The van der Waals surface area contributed by atoms with E-state index < -0.39 is 11.4 Å². The predicted molar refractivity (Wildman–Crippen MR) is 127 cm³/mol. The Morgan fingerprint density at radius 2 is 1.71 bits per heavy atom. The summed E-state index contributed by atoms with van der Waals surface area (Å²) in [6.07, 6.45) is 1.53. The van der Waals surface area contributed by atoms with E-state index in [0.29, 0.717) is 22.3 Å². The fourth-order valence-electron chi connectivity index (χ4n) is 3.15. The molecule has 0 aliphatic carbocycles. The minimum atomic E-state index is -0.625. The molecule has 0 unspecified atom stereocenters. The molecule has 0 saturated carbocycles. The molecular weight excluding hydrogens is 460 g/mol. The van der Waals surface area contributed by atoms with Crippen molar-refractivity contribution in [1.82, 2.24) is 24.1 Å². The first-order chi connectivity index (χ1) is 16.5. The lowest BCUT2D eigenvalue weighted by molar-refractivity contribution is 0.366. The molecule has 0 spiro atoms. The number of anilines is 2. The monoisotopic (exact) mass is 480 g/mol. The summed E-state index contributed by atoms with van der Waals surface area (Å²) in [6, 6.07) is 15.8. The van der Waals surface area contributed by atoms with Crippen LogP contribution in [0.4, 0.5) is 11.6 Å². The van der Waals surface area contributed by atoms with E-state index in [4.69, 9.17) is 21.1 Å². The van der Waals surface area contributed by atoms with Gasteiger partial charge in [-0.05, 0) is 48.9 Å². The van der Waals surface area contributed by atoms with E-state index >= 15 is 0 Å². The number of rotatable bonds is 8. The second kappa shape index (κ2) is 10.2. The molecule has 0 bridgehead atoms. The van der Waals surface area contributed by atoms with E-state index in [0.717, 1.165) is 10.1 Å². The molecule has 4 aromatic rings. The molecule has 34 heavy (non-hydrogen) atoms. The number of nitrogens with zero attached hydrogens (tertiary/aromatic N) is 5. The first kappa shape index (κ1) is 23.0. The van der Waals surface area contributed by atoms with E-state index in [2.05, 4.69) is 20.3 Å². The number of methoxy groups -OCH3 is 1. The van der Waals surface area contributed by atoms with E-state index in [-0.39, 0.29) is 25.0 Å². The summed E-state index contributed by atoms with van der Waals surface area (Å²) < 4.78 is 13.2. The van der Waals surface area contributed by atoms with Crippen molar-refractivity contribution in [2.45, 2.75) is 20.0 Å². The molecule has 0 radical (unpaired) electrons. The molecule has 0 amide bonds. The molecule has 0 aliphatic heterocycles. The van der Waals surface area contributed by atoms with Crippen molar-refractivity contribution in [2.24, 2.45) is 0 Å². The molecule has 0 saturated heterocycles. The van der Waals surface area contributed by atoms with Crippen molar-refractivity contribution in [3.05, 3.63) is 92.3 Å². The molecule has 2 heterocycles. The standard InChI is InChI=1S/C23H21ClN6O4/c1-3-29-22(31)28-20(30(23(29)32)14-15-4-6-16(24)7-5-15)26-17-8-10-18(11-9-17)34-19-12-13-25-21(27-19)33-2/h4-13H,3,14H2,1-2H3,(H,26,28,31). The first-order valence-corrected chi connectivity index (χ1v) is 10.7. The average molecular weight is 481 g/mol. The van der Waals surface area contributed by atoms with Gasteiger partial charge in [0.05, 0.1) is 13.7 Å². The molecule has 2 aromatic heterocycles. The van der Waals surface area contributed by atoms with Gasteiger partial charge in [-0.1, -0.05) is 23.7 Å². The van der Waals surface area contributed by atoms with Gasteiger partial charge in [0.25, 0.3) is 0 Å². The zero-order valence-corrected chi connectivity index (χ0v) is 19.2. The maximum absolute atomic E-state index is 13.0. The topological polar surface area (TPSA) is 113 Å². The van der Waals surface area contributed by atoms with E-state index in [9.17, 15) is 9.59 Å². The summed E-state index contributed by atoms with van der Waals surface area (Å²) >= 11 is 5.97. The van der Waals surface area contributed by atoms with Crippen molar-refractivity contribution in [3.63, 3.8) is 0 Å². The number of halogens is 1. The molecule has 0 aliphatic rings. The highest BCUT2D eigenvalue weighted by molar-refractivity contribution is 6.30. The number of aromatic nitrogens is 5. The third-order valence-corrected chi connectivity index (χ3v) is 5.10. The SMILES string of the molecule is CCn1c(=O)nc(Nc2ccc(Oc3ccnc(OC)n3)cc2)n(Cc2ccc(Cl)cc2)c1=O. The van der Waals surface area contributed by atoms with Gasteiger partial charge in [-0.25, -0.2) is 19.1 Å². The number of hydrogen-bond donors (Lipinski definition) is 1. The molecule has 174 valence electrons. The zero-order valence-electron chi connectivity index (χ0n) is 18.4. The van der Waals surface area contributed by atoms with Crippen LogP contribution in [0.1, 0.15) is 12.5 Å². The smallest absolute Gasteiger partial charge is 0.354 e. The second-order valence-electron chi connectivity index (χ2n) is 7.09. The van der Waals surface area contributed by atoms with Crippen LogP contribution in [0, 0.1) is 0 Å². The Balaban J connectivity index is 1.60. The van der Waals surface area contributed by atoms with Crippen LogP contribution in [0.2, 0.25) is 5.02 Å². The predicted octanol–water partition coefficient (Wildman–Crippen LogP) is 3.46. The van der Waals surface area contributed by atoms with Gasteiger partial charge in [0.15, 0.2) is 0 Å². The van der Waals surface area contributed by atoms with E-state index in [1.807, 2.05) is 12.1 Å². The third-order valence-electron chi connectivity index (χ3n) is 4.84. The zero-order chi connectivity index (χ0) is 24.1.